The third kappa shape index (κ3) is 6.67. The van der Waals surface area contributed by atoms with Crippen LogP contribution < -0.4 is 9.80 Å². The van der Waals surface area contributed by atoms with Crippen LogP contribution in [0.25, 0.3) is 75.1 Å². The van der Waals surface area contributed by atoms with Gasteiger partial charge in [0.15, 0.2) is 0 Å². The topological polar surface area (TPSA) is 19.6 Å². The van der Waals surface area contributed by atoms with Gasteiger partial charge in [-0.2, -0.15) is 0 Å². The molecule has 0 unspecified atom stereocenters. The zero-order chi connectivity index (χ0) is 49.5. The summed E-state index contributed by atoms with van der Waals surface area (Å²) in [6.07, 6.45) is 0. The number of fused-ring (bicyclic) bond motifs is 12. The van der Waals surface area contributed by atoms with Crippen LogP contribution in [0.5, 0.6) is 0 Å². The largest absolute Gasteiger partial charge is 0.455 e. The van der Waals surface area contributed by atoms with E-state index in [0.29, 0.717) is 0 Å². The summed E-state index contributed by atoms with van der Waals surface area (Å²) in [5, 5.41) is 6.99. The average Bonchev–Trinajstić information content (AvgIpc) is 4.36. The van der Waals surface area contributed by atoms with E-state index < -0.39 is 5.41 Å². The summed E-state index contributed by atoms with van der Waals surface area (Å²) in [7, 11) is 0. The molecular weight excluding hydrogens is 929 g/mol. The van der Waals surface area contributed by atoms with E-state index in [1.807, 2.05) is 11.3 Å². The number of rotatable bonds is 9. The molecule has 1 aliphatic carbocycles. The molecule has 0 atom stereocenters. The van der Waals surface area contributed by atoms with Gasteiger partial charge in [0.25, 0.3) is 0 Å². The Bertz CT molecular complexity index is 4380. The predicted octanol–water partition coefficient (Wildman–Crippen LogP) is 20.1. The van der Waals surface area contributed by atoms with Gasteiger partial charge in [-0.15, -0.1) is 11.3 Å². The first-order chi connectivity index (χ1) is 37.2. The average molecular weight is 975 g/mol. The van der Waals surface area contributed by atoms with Crippen LogP contribution >= 0.6 is 11.3 Å². The molecule has 352 valence electrons. The number of hydrogen-bond acceptors (Lipinski definition) is 4. The van der Waals surface area contributed by atoms with E-state index >= 15 is 0 Å². The van der Waals surface area contributed by atoms with Gasteiger partial charge in [0.2, 0.25) is 0 Å². The molecule has 0 aliphatic heterocycles. The molecule has 0 N–H and O–H groups in total. The van der Waals surface area contributed by atoms with Gasteiger partial charge in [-0.3, -0.25) is 0 Å². The summed E-state index contributed by atoms with van der Waals surface area (Å²) in [5.74, 6) is 0. The molecule has 3 nitrogen and oxygen atoms in total. The zero-order valence-corrected chi connectivity index (χ0v) is 41.6. The van der Waals surface area contributed by atoms with Gasteiger partial charge in [-0.1, -0.05) is 206 Å². The molecule has 15 rings (SSSR count). The van der Waals surface area contributed by atoms with Crippen LogP contribution in [-0.2, 0) is 5.41 Å². The van der Waals surface area contributed by atoms with Crippen LogP contribution in [0.4, 0.5) is 34.1 Å². The van der Waals surface area contributed by atoms with Crippen molar-refractivity contribution in [3.8, 4) is 22.3 Å². The van der Waals surface area contributed by atoms with Crippen molar-refractivity contribution in [2.75, 3.05) is 9.80 Å². The fourth-order valence-corrected chi connectivity index (χ4v) is 13.5. The molecule has 4 heteroatoms. The van der Waals surface area contributed by atoms with Gasteiger partial charge in [-0.05, 0) is 123 Å². The minimum absolute atomic E-state index is 0.827. The lowest BCUT2D eigenvalue weighted by atomic mass is 9.67. The molecule has 2 aromatic heterocycles. The highest BCUT2D eigenvalue weighted by Crippen LogP contribution is 2.65. The van der Waals surface area contributed by atoms with E-state index in [1.54, 1.807) is 0 Å². The molecule has 12 aromatic carbocycles. The second-order valence-electron chi connectivity index (χ2n) is 19.5. The molecule has 0 saturated heterocycles. The molecule has 14 aromatic rings. The highest BCUT2D eigenvalue weighted by molar-refractivity contribution is 7.26. The summed E-state index contributed by atoms with van der Waals surface area (Å²) >= 11 is 1.87. The van der Waals surface area contributed by atoms with Crippen molar-refractivity contribution in [2.45, 2.75) is 5.41 Å². The highest BCUT2D eigenvalue weighted by Gasteiger charge is 2.50. The van der Waals surface area contributed by atoms with Gasteiger partial charge in [0.1, 0.15) is 11.2 Å². The number of nitrogens with zero attached hydrogens (tertiary/aromatic N) is 2. The second-order valence-corrected chi connectivity index (χ2v) is 20.6. The summed E-state index contributed by atoms with van der Waals surface area (Å²) in [6, 6.07) is 102. The van der Waals surface area contributed by atoms with Gasteiger partial charge < -0.3 is 14.2 Å². The first-order valence-electron chi connectivity index (χ1n) is 25.7. The zero-order valence-electron chi connectivity index (χ0n) is 40.8. The van der Waals surface area contributed by atoms with Gasteiger partial charge in [0, 0.05) is 49.2 Å². The van der Waals surface area contributed by atoms with Gasteiger partial charge in [-0.25, -0.2) is 0 Å². The van der Waals surface area contributed by atoms with Crippen molar-refractivity contribution in [1.82, 2.24) is 0 Å². The summed E-state index contributed by atoms with van der Waals surface area (Å²) in [6.45, 7) is 0. The van der Waals surface area contributed by atoms with E-state index in [4.69, 9.17) is 4.42 Å². The number of anilines is 6. The number of thiophene rings is 1. The minimum atomic E-state index is -0.827. The molecule has 2 heterocycles. The highest BCUT2D eigenvalue weighted by atomic mass is 32.1. The van der Waals surface area contributed by atoms with E-state index in [1.165, 1.54) is 69.9 Å². The Hall–Kier alpha value is -9.48. The number of para-hydroxylation sites is 3. The first-order valence-corrected chi connectivity index (χ1v) is 26.5. The van der Waals surface area contributed by atoms with Crippen LogP contribution in [0.3, 0.4) is 0 Å². The Morgan fingerprint density at radius 3 is 1.52 bits per heavy atom. The molecule has 0 radical (unpaired) electrons. The Morgan fingerprint density at radius 2 is 0.840 bits per heavy atom. The Labute approximate surface area is 439 Å². The van der Waals surface area contributed by atoms with E-state index in [0.717, 1.165) is 61.6 Å². The van der Waals surface area contributed by atoms with Crippen LogP contribution in [0.15, 0.2) is 283 Å². The third-order valence-corrected chi connectivity index (χ3v) is 16.7. The Balaban J connectivity index is 1.13. The SMILES string of the molecule is c1ccc(-c2ccc(N(c3ccc4ccccc4c3)c3cc4c(c5c3sc3ccccc35)-c3c(cc(N(c5ccccc5)c5ccccc5)c5c3oc3ccccc35)C4(c3ccccc3)c3ccccc3)cc2)cc1. The lowest BCUT2D eigenvalue weighted by Crippen LogP contribution is -2.29. The normalized spacial score (nSPS) is 12.6. The second kappa shape index (κ2) is 17.3. The quantitative estimate of drug-likeness (QED) is 0.144. The molecule has 0 saturated carbocycles. The fraction of sp³-hybridized carbons (Fsp3) is 0.0141. The van der Waals surface area contributed by atoms with E-state index in [-0.39, 0.29) is 0 Å². The Morgan fingerprint density at radius 1 is 0.347 bits per heavy atom. The lowest BCUT2D eigenvalue weighted by molar-refractivity contribution is 0.669. The van der Waals surface area contributed by atoms with Crippen LogP contribution in [0, 0.1) is 0 Å². The molecule has 1 aliphatic rings. The van der Waals surface area contributed by atoms with E-state index in [2.05, 4.69) is 289 Å². The van der Waals surface area contributed by atoms with Crippen molar-refractivity contribution in [1.29, 1.82) is 0 Å². The standard InChI is InChI=1S/C71H46N2OS/c1-6-22-47(23-7-1)49-38-41-55(42-39-49)73(56-43-40-48-24-16-17-25-50(48)44-56)62-46-59-67(66-58-35-19-21-37-64(58)75-70(62)66)68-60(71(59,51-26-8-2-9-27-51)52-28-10-3-11-29-52)45-61(65-57-34-18-20-36-63(57)74-69(65)68)72(53-30-12-4-13-31-53)54-32-14-5-15-33-54/h1-46H. The number of benzene rings is 12. The number of furan rings is 1. The van der Waals surface area contributed by atoms with Crippen LogP contribution in [-0.4, -0.2) is 0 Å². The van der Waals surface area contributed by atoms with E-state index in [9.17, 15) is 0 Å². The molecule has 0 spiro atoms. The minimum Gasteiger partial charge on any atom is -0.455 e. The van der Waals surface area contributed by atoms with Crippen LogP contribution in [0.1, 0.15) is 22.3 Å². The predicted molar refractivity (Wildman–Crippen MR) is 316 cm³/mol. The van der Waals surface area contributed by atoms with Gasteiger partial charge >= 0.3 is 0 Å². The van der Waals surface area contributed by atoms with Crippen molar-refractivity contribution in [2.24, 2.45) is 0 Å². The smallest absolute Gasteiger partial charge is 0.145 e. The van der Waals surface area contributed by atoms with Crippen molar-refractivity contribution >= 4 is 98.3 Å². The lowest BCUT2D eigenvalue weighted by Gasteiger charge is -2.36. The Kier molecular flexibility index (Phi) is 9.97. The molecule has 75 heavy (non-hydrogen) atoms. The van der Waals surface area contributed by atoms with Gasteiger partial charge in [0.05, 0.1) is 26.9 Å². The molecule has 0 amide bonds. The third-order valence-electron chi connectivity index (χ3n) is 15.5. The fourth-order valence-electron chi connectivity index (χ4n) is 12.3. The maximum atomic E-state index is 7.49. The summed E-state index contributed by atoms with van der Waals surface area (Å²) < 4.78 is 9.93. The van der Waals surface area contributed by atoms with Crippen molar-refractivity contribution < 1.29 is 4.42 Å². The van der Waals surface area contributed by atoms with Crippen molar-refractivity contribution in [3.05, 3.63) is 301 Å². The first kappa shape index (κ1) is 43.1. The van der Waals surface area contributed by atoms with Crippen molar-refractivity contribution in [3.63, 3.8) is 0 Å². The monoisotopic (exact) mass is 974 g/mol. The summed E-state index contributed by atoms with van der Waals surface area (Å²) in [5.41, 5.74) is 16.8. The number of hydrogen-bond donors (Lipinski definition) is 0. The molecule has 0 bridgehead atoms. The maximum Gasteiger partial charge on any atom is 0.145 e. The molecule has 0 fully saturated rings. The van der Waals surface area contributed by atoms with Crippen LogP contribution in [0.2, 0.25) is 0 Å². The summed E-state index contributed by atoms with van der Waals surface area (Å²) in [4.78, 5) is 4.94. The maximum absolute atomic E-state index is 7.49. The molecular formula is C71H46N2OS.